The molecule has 0 aliphatic carbocycles. The fourth-order valence-corrected chi connectivity index (χ4v) is 2.21. The summed E-state index contributed by atoms with van der Waals surface area (Å²) < 4.78 is 0. The van der Waals surface area contributed by atoms with E-state index in [4.69, 9.17) is 5.73 Å². The van der Waals surface area contributed by atoms with Crippen molar-refractivity contribution in [3.63, 3.8) is 0 Å². The molecule has 0 aliphatic heterocycles. The van der Waals surface area contributed by atoms with Gasteiger partial charge in [-0.15, -0.1) is 0 Å². The van der Waals surface area contributed by atoms with Gasteiger partial charge in [-0.1, -0.05) is 19.9 Å². The van der Waals surface area contributed by atoms with E-state index in [1.165, 1.54) is 11.1 Å². The van der Waals surface area contributed by atoms with Gasteiger partial charge in [0, 0.05) is 18.7 Å². The topological polar surface area (TPSA) is 46.3 Å². The molecule has 0 saturated carbocycles. The van der Waals surface area contributed by atoms with Crippen LogP contribution >= 0.6 is 0 Å². The fourth-order valence-electron chi connectivity index (χ4n) is 2.21. The molecule has 0 aliphatic rings. The van der Waals surface area contributed by atoms with Crippen LogP contribution in [0.5, 0.6) is 0 Å². The lowest BCUT2D eigenvalue weighted by molar-refractivity contribution is -0.119. The van der Waals surface area contributed by atoms with Crippen LogP contribution in [0, 0.1) is 19.8 Å². The minimum absolute atomic E-state index is 0.188. The number of rotatable bonds is 6. The maximum atomic E-state index is 12.4. The van der Waals surface area contributed by atoms with Gasteiger partial charge in [-0.25, -0.2) is 0 Å². The fraction of sp³-hybridized carbons (Fsp3) is 0.562. The van der Waals surface area contributed by atoms with Gasteiger partial charge in [-0.2, -0.15) is 0 Å². The first-order valence-electron chi connectivity index (χ1n) is 7.02. The van der Waals surface area contributed by atoms with Crippen LogP contribution in [0.3, 0.4) is 0 Å². The second-order valence-corrected chi connectivity index (χ2v) is 5.63. The molecule has 0 saturated heterocycles. The minimum Gasteiger partial charge on any atom is -0.330 e. The molecule has 0 unspecified atom stereocenters. The number of hydrogen-bond acceptors (Lipinski definition) is 2. The Morgan fingerprint density at radius 3 is 2.26 bits per heavy atom. The van der Waals surface area contributed by atoms with Gasteiger partial charge >= 0.3 is 0 Å². The number of benzene rings is 1. The lowest BCUT2D eigenvalue weighted by Crippen LogP contribution is -2.33. The molecule has 106 valence electrons. The molecule has 0 atom stereocenters. The largest absolute Gasteiger partial charge is 0.330 e. The average molecular weight is 262 g/mol. The van der Waals surface area contributed by atoms with Crippen molar-refractivity contribution in [3.05, 3.63) is 29.3 Å². The van der Waals surface area contributed by atoms with Crippen molar-refractivity contribution in [1.29, 1.82) is 0 Å². The second-order valence-electron chi connectivity index (χ2n) is 5.63. The summed E-state index contributed by atoms with van der Waals surface area (Å²) in [6, 6.07) is 6.26. The van der Waals surface area contributed by atoms with Crippen molar-refractivity contribution in [2.45, 2.75) is 40.5 Å². The van der Waals surface area contributed by atoms with Crippen LogP contribution < -0.4 is 10.6 Å². The maximum Gasteiger partial charge on any atom is 0.227 e. The number of aryl methyl sites for hydroxylation is 2. The molecule has 1 amide bonds. The summed E-state index contributed by atoms with van der Waals surface area (Å²) in [5.74, 6) is 0.562. The molecule has 1 aromatic rings. The molecule has 0 bridgehead atoms. The summed E-state index contributed by atoms with van der Waals surface area (Å²) in [6.45, 7) is 9.57. The number of hydrogen-bond donors (Lipinski definition) is 1. The van der Waals surface area contributed by atoms with Crippen LogP contribution in [0.2, 0.25) is 0 Å². The lowest BCUT2D eigenvalue weighted by Gasteiger charge is -2.24. The predicted octanol–water partition coefficient (Wildman–Crippen LogP) is 3.03. The minimum atomic E-state index is 0.188. The molecule has 1 aromatic carbocycles. The molecule has 2 N–H and O–H groups in total. The van der Waals surface area contributed by atoms with Gasteiger partial charge in [0.25, 0.3) is 0 Å². The Labute approximate surface area is 116 Å². The van der Waals surface area contributed by atoms with Gasteiger partial charge < -0.3 is 10.6 Å². The molecule has 0 fully saturated rings. The summed E-state index contributed by atoms with van der Waals surface area (Å²) in [5, 5.41) is 0. The van der Waals surface area contributed by atoms with Crippen molar-refractivity contribution in [2.24, 2.45) is 11.7 Å². The molecule has 0 radical (unpaired) electrons. The van der Waals surface area contributed by atoms with Gasteiger partial charge in [0.1, 0.15) is 0 Å². The monoisotopic (exact) mass is 262 g/mol. The summed E-state index contributed by atoms with van der Waals surface area (Å²) in [4.78, 5) is 14.2. The SMILES string of the molecule is Cc1cc(C)cc(N(CCCN)C(=O)CC(C)C)c1. The van der Waals surface area contributed by atoms with Gasteiger partial charge in [-0.3, -0.25) is 4.79 Å². The molecule has 3 heteroatoms. The highest BCUT2D eigenvalue weighted by Gasteiger charge is 2.16. The number of nitrogens with zero attached hydrogens (tertiary/aromatic N) is 1. The number of carbonyl (C=O) groups excluding carboxylic acids is 1. The Kier molecular flexibility index (Phi) is 6.03. The molecule has 19 heavy (non-hydrogen) atoms. The first-order chi connectivity index (χ1) is 8.93. The van der Waals surface area contributed by atoms with Crippen LogP contribution in [0.25, 0.3) is 0 Å². The zero-order valence-corrected chi connectivity index (χ0v) is 12.6. The molecule has 0 spiro atoms. The van der Waals surface area contributed by atoms with Crippen molar-refractivity contribution < 1.29 is 4.79 Å². The molecule has 1 rings (SSSR count). The van der Waals surface area contributed by atoms with E-state index < -0.39 is 0 Å². The van der Waals surface area contributed by atoms with E-state index in [-0.39, 0.29) is 5.91 Å². The van der Waals surface area contributed by atoms with Crippen molar-refractivity contribution >= 4 is 11.6 Å². The van der Waals surface area contributed by atoms with Crippen LogP contribution in [0.4, 0.5) is 5.69 Å². The van der Waals surface area contributed by atoms with E-state index >= 15 is 0 Å². The molecule has 0 heterocycles. The van der Waals surface area contributed by atoms with E-state index in [2.05, 4.69) is 45.9 Å². The first kappa shape index (κ1) is 15.7. The third-order valence-corrected chi connectivity index (χ3v) is 2.99. The average Bonchev–Trinajstić information content (AvgIpc) is 2.27. The zero-order valence-electron chi connectivity index (χ0n) is 12.6. The standard InChI is InChI=1S/C16H26N2O/c1-12(2)8-16(19)18(7-5-6-17)15-10-13(3)9-14(4)11-15/h9-12H,5-8,17H2,1-4H3. The van der Waals surface area contributed by atoms with E-state index in [1.54, 1.807) is 0 Å². The zero-order chi connectivity index (χ0) is 14.4. The number of carbonyl (C=O) groups is 1. The third kappa shape index (κ3) is 5.03. The number of amides is 1. The van der Waals surface area contributed by atoms with Crippen LogP contribution in [0.15, 0.2) is 18.2 Å². The van der Waals surface area contributed by atoms with Crippen LogP contribution in [-0.4, -0.2) is 19.0 Å². The Hall–Kier alpha value is -1.35. The van der Waals surface area contributed by atoms with Crippen molar-refractivity contribution in [1.82, 2.24) is 0 Å². The lowest BCUT2D eigenvalue weighted by atomic mass is 10.1. The smallest absolute Gasteiger partial charge is 0.227 e. The van der Waals surface area contributed by atoms with E-state index in [0.717, 1.165) is 12.1 Å². The summed E-state index contributed by atoms with van der Waals surface area (Å²) >= 11 is 0. The highest BCUT2D eigenvalue weighted by Crippen LogP contribution is 2.21. The van der Waals surface area contributed by atoms with Gasteiger partial charge in [0.05, 0.1) is 0 Å². The van der Waals surface area contributed by atoms with Crippen molar-refractivity contribution in [2.75, 3.05) is 18.0 Å². The number of nitrogens with two attached hydrogens (primary N) is 1. The quantitative estimate of drug-likeness (QED) is 0.856. The van der Waals surface area contributed by atoms with E-state index in [0.29, 0.717) is 25.4 Å². The van der Waals surface area contributed by atoms with Gasteiger partial charge in [0.2, 0.25) is 5.91 Å². The second kappa shape index (κ2) is 7.29. The van der Waals surface area contributed by atoms with E-state index in [9.17, 15) is 4.79 Å². The third-order valence-electron chi connectivity index (χ3n) is 2.99. The molecular formula is C16H26N2O. The molecular weight excluding hydrogens is 236 g/mol. The van der Waals surface area contributed by atoms with Crippen LogP contribution in [-0.2, 0) is 4.79 Å². The summed E-state index contributed by atoms with van der Waals surface area (Å²) in [5.41, 5.74) is 8.95. The first-order valence-corrected chi connectivity index (χ1v) is 7.02. The highest BCUT2D eigenvalue weighted by molar-refractivity contribution is 5.93. The molecule has 3 nitrogen and oxygen atoms in total. The Morgan fingerprint density at radius 1 is 1.21 bits per heavy atom. The Bertz CT molecular complexity index is 407. The predicted molar refractivity (Wildman–Crippen MR) is 81.4 cm³/mol. The van der Waals surface area contributed by atoms with Crippen LogP contribution in [0.1, 0.15) is 37.8 Å². The van der Waals surface area contributed by atoms with Gasteiger partial charge in [0.15, 0.2) is 0 Å². The normalized spacial score (nSPS) is 10.8. The molecule has 0 aromatic heterocycles. The van der Waals surface area contributed by atoms with Crippen molar-refractivity contribution in [3.8, 4) is 0 Å². The summed E-state index contributed by atoms with van der Waals surface area (Å²) in [7, 11) is 0. The Morgan fingerprint density at radius 2 is 1.79 bits per heavy atom. The van der Waals surface area contributed by atoms with E-state index in [1.807, 2.05) is 4.90 Å². The van der Waals surface area contributed by atoms with Gasteiger partial charge in [-0.05, 0) is 56.0 Å². The Balaban J connectivity index is 2.97. The summed E-state index contributed by atoms with van der Waals surface area (Å²) in [6.07, 6.45) is 1.41. The maximum absolute atomic E-state index is 12.4. The highest BCUT2D eigenvalue weighted by atomic mass is 16.2. The number of anilines is 1.